The Hall–Kier alpha value is -3.04. The molecule has 0 aliphatic rings. The normalized spacial score (nSPS) is 11.4. The number of nitrogens with zero attached hydrogens (tertiary/aromatic N) is 1. The number of aromatic nitrogens is 1. The second kappa shape index (κ2) is 9.84. The van der Waals surface area contributed by atoms with Gasteiger partial charge in [0.15, 0.2) is 0 Å². The van der Waals surface area contributed by atoms with Crippen molar-refractivity contribution in [3.05, 3.63) is 91.8 Å². The molecule has 3 rings (SSSR count). The quantitative estimate of drug-likeness (QED) is 0.481. The smallest absolute Gasteiger partial charge is 0.269 e. The van der Waals surface area contributed by atoms with Crippen LogP contribution in [0.15, 0.2) is 57.8 Å². The monoisotopic (exact) mass is 519 g/mol. The highest BCUT2D eigenvalue weighted by molar-refractivity contribution is 9.10. The van der Waals surface area contributed by atoms with Crippen LogP contribution >= 0.6 is 15.9 Å². The van der Waals surface area contributed by atoms with E-state index < -0.39 is 17.2 Å². The van der Waals surface area contributed by atoms with Crippen molar-refractivity contribution in [3.8, 4) is 5.75 Å². The summed E-state index contributed by atoms with van der Waals surface area (Å²) in [7, 11) is 0. The zero-order valence-corrected chi connectivity index (χ0v) is 20.0. The van der Waals surface area contributed by atoms with Crippen LogP contribution in [0.1, 0.15) is 30.7 Å². The van der Waals surface area contributed by atoms with Crippen molar-refractivity contribution in [1.82, 2.24) is 4.57 Å². The SMILES string of the molecule is Cc1cc(OCc2ccc(F)cc2F)c(Br)c(=O)n1Cc1ccc(NC(=O)C(C)(C)N)cc1. The summed E-state index contributed by atoms with van der Waals surface area (Å²) < 4.78 is 34.3. The van der Waals surface area contributed by atoms with Crippen molar-refractivity contribution in [1.29, 1.82) is 0 Å². The molecule has 1 amide bonds. The maximum absolute atomic E-state index is 13.8. The standard InChI is InChI=1S/C24H24BrF2N3O3/c1-14-10-20(33-13-16-6-7-17(26)11-19(16)27)21(25)22(31)30(14)12-15-4-8-18(9-5-15)29-23(32)24(2,3)28/h4-11H,12-13,28H2,1-3H3,(H,29,32). The van der Waals surface area contributed by atoms with E-state index in [4.69, 9.17) is 10.5 Å². The minimum Gasteiger partial charge on any atom is -0.487 e. The maximum atomic E-state index is 13.8. The van der Waals surface area contributed by atoms with E-state index >= 15 is 0 Å². The van der Waals surface area contributed by atoms with Crippen LogP contribution in [0.3, 0.4) is 0 Å². The number of aryl methyl sites for hydroxylation is 1. The molecule has 0 atom stereocenters. The highest BCUT2D eigenvalue weighted by Crippen LogP contribution is 2.24. The third-order valence-corrected chi connectivity index (χ3v) is 5.68. The lowest BCUT2D eigenvalue weighted by Crippen LogP contribution is -2.45. The second-order valence-electron chi connectivity index (χ2n) is 8.25. The summed E-state index contributed by atoms with van der Waals surface area (Å²) in [5.41, 5.74) is 6.74. The Labute approximate surface area is 198 Å². The number of rotatable bonds is 7. The molecule has 174 valence electrons. The largest absolute Gasteiger partial charge is 0.487 e. The summed E-state index contributed by atoms with van der Waals surface area (Å²) in [5.74, 6) is -1.43. The van der Waals surface area contributed by atoms with Gasteiger partial charge in [0.05, 0.1) is 12.1 Å². The third-order valence-electron chi connectivity index (χ3n) is 4.95. The molecule has 9 heteroatoms. The second-order valence-corrected chi connectivity index (χ2v) is 9.05. The Bertz CT molecular complexity index is 1240. The third kappa shape index (κ3) is 6.06. The van der Waals surface area contributed by atoms with Gasteiger partial charge in [-0.25, -0.2) is 8.78 Å². The highest BCUT2D eigenvalue weighted by atomic mass is 79.9. The van der Waals surface area contributed by atoms with Crippen molar-refractivity contribution in [2.45, 2.75) is 39.5 Å². The van der Waals surface area contributed by atoms with Crippen LogP contribution < -0.4 is 21.3 Å². The van der Waals surface area contributed by atoms with Crippen LogP contribution in [0.2, 0.25) is 0 Å². The van der Waals surface area contributed by atoms with E-state index in [-0.39, 0.29) is 33.9 Å². The molecule has 0 saturated heterocycles. The average molecular weight is 520 g/mol. The van der Waals surface area contributed by atoms with E-state index in [9.17, 15) is 18.4 Å². The molecule has 0 aliphatic heterocycles. The van der Waals surface area contributed by atoms with Gasteiger partial charge in [0.2, 0.25) is 5.91 Å². The molecule has 0 aliphatic carbocycles. The first-order valence-corrected chi connectivity index (χ1v) is 10.9. The Morgan fingerprint density at radius 3 is 2.42 bits per heavy atom. The molecule has 0 saturated carbocycles. The first kappa shape index (κ1) is 24.6. The van der Waals surface area contributed by atoms with E-state index in [0.717, 1.165) is 17.7 Å². The molecule has 1 heterocycles. The van der Waals surface area contributed by atoms with Crippen molar-refractivity contribution in [2.24, 2.45) is 5.73 Å². The fourth-order valence-electron chi connectivity index (χ4n) is 2.98. The van der Waals surface area contributed by atoms with Crippen molar-refractivity contribution in [2.75, 3.05) is 5.32 Å². The van der Waals surface area contributed by atoms with Gasteiger partial charge in [-0.15, -0.1) is 0 Å². The van der Waals surface area contributed by atoms with Gasteiger partial charge in [-0.2, -0.15) is 0 Å². The lowest BCUT2D eigenvalue weighted by Gasteiger charge is -2.18. The van der Waals surface area contributed by atoms with Crippen molar-refractivity contribution in [3.63, 3.8) is 0 Å². The molecule has 0 radical (unpaired) electrons. The van der Waals surface area contributed by atoms with Gasteiger partial charge in [0.1, 0.15) is 28.5 Å². The molecule has 0 fully saturated rings. The first-order valence-electron chi connectivity index (χ1n) is 10.1. The van der Waals surface area contributed by atoms with Gasteiger partial charge >= 0.3 is 0 Å². The number of benzene rings is 2. The molecule has 0 bridgehead atoms. The number of hydrogen-bond donors (Lipinski definition) is 2. The molecule has 3 aromatic rings. The number of carbonyl (C=O) groups is 1. The Balaban J connectivity index is 1.75. The fraction of sp³-hybridized carbons (Fsp3) is 0.250. The van der Waals surface area contributed by atoms with Crippen molar-refractivity contribution < 1.29 is 18.3 Å². The molecule has 0 unspecified atom stereocenters. The Morgan fingerprint density at radius 2 is 1.82 bits per heavy atom. The molecule has 0 spiro atoms. The number of nitrogens with two attached hydrogens (primary N) is 1. The van der Waals surface area contributed by atoms with Gasteiger partial charge in [-0.05, 0) is 66.5 Å². The van der Waals surface area contributed by atoms with Crippen LogP contribution in [0.4, 0.5) is 14.5 Å². The molecular weight excluding hydrogens is 496 g/mol. The molecule has 6 nitrogen and oxygen atoms in total. The zero-order valence-electron chi connectivity index (χ0n) is 18.4. The number of pyridine rings is 1. The fourth-order valence-corrected chi connectivity index (χ4v) is 3.42. The lowest BCUT2D eigenvalue weighted by atomic mass is 10.1. The average Bonchev–Trinajstić information content (AvgIpc) is 2.74. The number of halogens is 3. The van der Waals surface area contributed by atoms with Crippen LogP contribution in [-0.4, -0.2) is 16.0 Å². The van der Waals surface area contributed by atoms with E-state index in [0.29, 0.717) is 17.9 Å². The molecule has 2 aromatic carbocycles. The molecular formula is C24H24BrF2N3O3. The number of anilines is 1. The van der Waals surface area contributed by atoms with Gasteiger partial charge in [0.25, 0.3) is 5.56 Å². The van der Waals surface area contributed by atoms with Gasteiger partial charge in [-0.3, -0.25) is 9.59 Å². The molecule has 3 N–H and O–H groups in total. The number of amides is 1. The van der Waals surface area contributed by atoms with Crippen LogP contribution in [0, 0.1) is 18.6 Å². The summed E-state index contributed by atoms with van der Waals surface area (Å²) in [5, 5.41) is 2.74. The van der Waals surface area contributed by atoms with Crippen LogP contribution in [0.25, 0.3) is 0 Å². The van der Waals surface area contributed by atoms with E-state index in [1.807, 2.05) is 0 Å². The maximum Gasteiger partial charge on any atom is 0.269 e. The summed E-state index contributed by atoms with van der Waals surface area (Å²) in [6, 6.07) is 12.0. The summed E-state index contributed by atoms with van der Waals surface area (Å²) >= 11 is 3.27. The molecule has 1 aromatic heterocycles. The zero-order chi connectivity index (χ0) is 24.3. The van der Waals surface area contributed by atoms with Gasteiger partial charge < -0.3 is 20.4 Å². The summed E-state index contributed by atoms with van der Waals surface area (Å²) in [4.78, 5) is 24.9. The minimum atomic E-state index is -0.998. The Kier molecular flexibility index (Phi) is 7.34. The van der Waals surface area contributed by atoms with Gasteiger partial charge in [0, 0.05) is 29.1 Å². The van der Waals surface area contributed by atoms with E-state index in [1.54, 1.807) is 55.7 Å². The number of nitrogens with one attached hydrogen (secondary N) is 1. The van der Waals surface area contributed by atoms with E-state index in [2.05, 4.69) is 21.2 Å². The number of carbonyl (C=O) groups excluding carboxylic acids is 1. The topological polar surface area (TPSA) is 86.3 Å². The minimum absolute atomic E-state index is 0.152. The lowest BCUT2D eigenvalue weighted by molar-refractivity contribution is -0.120. The van der Waals surface area contributed by atoms with Gasteiger partial charge in [-0.1, -0.05) is 12.1 Å². The predicted molar refractivity (Wildman–Crippen MR) is 126 cm³/mol. The molecule has 33 heavy (non-hydrogen) atoms. The summed E-state index contributed by atoms with van der Waals surface area (Å²) in [6.45, 7) is 5.14. The Morgan fingerprint density at radius 1 is 1.15 bits per heavy atom. The van der Waals surface area contributed by atoms with E-state index in [1.165, 1.54) is 6.07 Å². The van der Waals surface area contributed by atoms with Crippen LogP contribution in [-0.2, 0) is 17.9 Å². The highest BCUT2D eigenvalue weighted by Gasteiger charge is 2.21. The number of hydrogen-bond acceptors (Lipinski definition) is 4. The first-order chi connectivity index (χ1) is 15.5. The van der Waals surface area contributed by atoms with Crippen molar-refractivity contribution >= 4 is 27.5 Å². The predicted octanol–water partition coefficient (Wildman–Crippen LogP) is 4.50. The summed E-state index contributed by atoms with van der Waals surface area (Å²) in [6.07, 6.45) is 0. The number of ether oxygens (including phenoxy) is 1. The van der Waals surface area contributed by atoms with Crippen LogP contribution in [0.5, 0.6) is 5.75 Å².